The Labute approximate surface area is 269 Å². The summed E-state index contributed by atoms with van der Waals surface area (Å²) >= 11 is 13.6. The fourth-order valence-corrected chi connectivity index (χ4v) is 6.40. The van der Waals surface area contributed by atoms with E-state index in [1.54, 1.807) is 54.8 Å². The van der Waals surface area contributed by atoms with Crippen molar-refractivity contribution in [1.82, 2.24) is 4.57 Å². The van der Waals surface area contributed by atoms with Crippen molar-refractivity contribution in [3.8, 4) is 11.5 Å². The van der Waals surface area contributed by atoms with Gasteiger partial charge in [-0.3, -0.25) is 9.36 Å². The lowest BCUT2D eigenvalue weighted by atomic mass is 9.95. The predicted molar refractivity (Wildman–Crippen MR) is 175 cm³/mol. The van der Waals surface area contributed by atoms with Crippen molar-refractivity contribution in [3.63, 3.8) is 0 Å². The van der Waals surface area contributed by atoms with Crippen molar-refractivity contribution in [1.29, 1.82) is 0 Å². The average Bonchev–Trinajstić information content (AvgIpc) is 3.30. The zero-order chi connectivity index (χ0) is 31.5. The molecular formula is C33H31Cl2N3O5S. The number of benzene rings is 3. The highest BCUT2D eigenvalue weighted by Crippen LogP contribution is 2.37. The SMILES string of the molecule is CCOC(=O)C1=C(C)N=c2sc(=Cc3ccc(N(C)C)cc3)c(=O)n2[C@H]1c1ccc(OCc2ccc(Cl)cc2Cl)c(OC)c1. The van der Waals surface area contributed by atoms with Crippen LogP contribution in [0.1, 0.15) is 36.6 Å². The van der Waals surface area contributed by atoms with Gasteiger partial charge in [0.1, 0.15) is 6.61 Å². The molecule has 11 heteroatoms. The topological polar surface area (TPSA) is 82.4 Å². The van der Waals surface area contributed by atoms with Gasteiger partial charge in [-0.25, -0.2) is 9.79 Å². The highest BCUT2D eigenvalue weighted by atomic mass is 35.5. The second-order valence-electron chi connectivity index (χ2n) is 10.2. The van der Waals surface area contributed by atoms with Crippen LogP contribution in [0, 0.1) is 0 Å². The number of nitrogens with zero attached hydrogens (tertiary/aromatic N) is 3. The Hall–Kier alpha value is -4.05. The minimum absolute atomic E-state index is 0.180. The summed E-state index contributed by atoms with van der Waals surface area (Å²) in [5.74, 6) is 0.353. The molecule has 4 aromatic rings. The van der Waals surface area contributed by atoms with E-state index in [9.17, 15) is 9.59 Å². The summed E-state index contributed by atoms with van der Waals surface area (Å²) in [6.07, 6.45) is 1.84. The van der Waals surface area contributed by atoms with Gasteiger partial charge in [0.05, 0.1) is 35.6 Å². The summed E-state index contributed by atoms with van der Waals surface area (Å²) in [5.41, 5.74) is 3.83. The molecule has 0 fully saturated rings. The number of halogens is 2. The molecule has 1 aromatic heterocycles. The average molecular weight is 653 g/mol. The van der Waals surface area contributed by atoms with E-state index in [-0.39, 0.29) is 24.3 Å². The number of carbonyl (C=O) groups excluding carboxylic acids is 1. The number of hydrogen-bond donors (Lipinski definition) is 0. The van der Waals surface area contributed by atoms with Crippen molar-refractivity contribution >= 4 is 52.3 Å². The molecule has 3 aromatic carbocycles. The molecule has 2 heterocycles. The molecule has 0 aliphatic carbocycles. The molecule has 44 heavy (non-hydrogen) atoms. The van der Waals surface area contributed by atoms with Crippen LogP contribution in [-0.2, 0) is 16.1 Å². The zero-order valence-electron chi connectivity index (χ0n) is 24.9. The van der Waals surface area contributed by atoms with E-state index in [0.29, 0.717) is 42.1 Å². The smallest absolute Gasteiger partial charge is 0.338 e. The Kier molecular flexibility index (Phi) is 9.48. The molecule has 1 atom stereocenters. The highest BCUT2D eigenvalue weighted by molar-refractivity contribution is 7.07. The number of fused-ring (bicyclic) bond motifs is 1. The third-order valence-corrected chi connectivity index (χ3v) is 8.70. The summed E-state index contributed by atoms with van der Waals surface area (Å²) in [5, 5.41) is 1.02. The fourth-order valence-electron chi connectivity index (χ4n) is 4.89. The first kappa shape index (κ1) is 31.4. The van der Waals surface area contributed by atoms with Crippen LogP contribution < -0.4 is 29.3 Å². The van der Waals surface area contributed by atoms with Crippen LogP contribution in [0.3, 0.4) is 0 Å². The number of anilines is 1. The Morgan fingerprint density at radius 2 is 1.82 bits per heavy atom. The third-order valence-electron chi connectivity index (χ3n) is 7.13. The Morgan fingerprint density at radius 1 is 1.07 bits per heavy atom. The van der Waals surface area contributed by atoms with Gasteiger partial charge in [0.2, 0.25) is 0 Å². The minimum Gasteiger partial charge on any atom is -0.493 e. The van der Waals surface area contributed by atoms with Crippen molar-refractivity contribution in [2.75, 3.05) is 32.7 Å². The van der Waals surface area contributed by atoms with Crippen LogP contribution in [0.5, 0.6) is 11.5 Å². The number of ether oxygens (including phenoxy) is 3. The predicted octanol–water partition coefficient (Wildman–Crippen LogP) is 5.76. The minimum atomic E-state index is -0.794. The molecule has 8 nitrogen and oxygen atoms in total. The maximum Gasteiger partial charge on any atom is 0.338 e. The molecule has 5 rings (SSSR count). The van der Waals surface area contributed by atoms with E-state index < -0.39 is 12.0 Å². The fraction of sp³-hybridized carbons (Fsp3) is 0.242. The van der Waals surface area contributed by atoms with Crippen LogP contribution in [0.25, 0.3) is 6.08 Å². The number of methoxy groups -OCH3 is 1. The van der Waals surface area contributed by atoms with Gasteiger partial charge in [-0.05, 0) is 67.4 Å². The summed E-state index contributed by atoms with van der Waals surface area (Å²) in [6, 6.07) is 17.6. The number of hydrogen-bond acceptors (Lipinski definition) is 8. The molecule has 0 amide bonds. The lowest BCUT2D eigenvalue weighted by Gasteiger charge is -2.25. The molecule has 0 radical (unpaired) electrons. The third kappa shape index (κ3) is 6.40. The standard InChI is InChI=1S/C33H31Cl2N3O5S/c1-6-42-32(40)29-19(2)36-33-38(31(39)28(44-33)15-20-7-12-24(13-8-20)37(3)4)30(29)21-10-14-26(27(16-21)41-5)43-18-22-9-11-23(34)17-25(22)35/h7-17,30H,6,18H2,1-5H3/t30-/m0/s1. The van der Waals surface area contributed by atoms with Gasteiger partial charge in [0.15, 0.2) is 16.3 Å². The highest BCUT2D eigenvalue weighted by Gasteiger charge is 2.34. The largest absolute Gasteiger partial charge is 0.493 e. The molecule has 1 aliphatic heterocycles. The quantitative estimate of drug-likeness (QED) is 0.214. The molecule has 0 bridgehead atoms. The van der Waals surface area contributed by atoms with Gasteiger partial charge in [-0.15, -0.1) is 0 Å². The van der Waals surface area contributed by atoms with E-state index in [1.807, 2.05) is 49.3 Å². The van der Waals surface area contributed by atoms with Crippen molar-refractivity contribution in [3.05, 3.63) is 118 Å². The number of carbonyl (C=O) groups is 1. The Morgan fingerprint density at radius 3 is 2.48 bits per heavy atom. The van der Waals surface area contributed by atoms with Crippen LogP contribution in [0.4, 0.5) is 5.69 Å². The first-order valence-electron chi connectivity index (χ1n) is 13.8. The van der Waals surface area contributed by atoms with Crippen molar-refractivity contribution < 1.29 is 19.0 Å². The lowest BCUT2D eigenvalue weighted by molar-refractivity contribution is -0.139. The van der Waals surface area contributed by atoms with E-state index >= 15 is 0 Å². The maximum absolute atomic E-state index is 14.0. The van der Waals surface area contributed by atoms with E-state index in [1.165, 1.54) is 18.4 Å². The lowest BCUT2D eigenvalue weighted by Crippen LogP contribution is -2.40. The molecule has 1 aliphatic rings. The molecule has 0 saturated carbocycles. The zero-order valence-corrected chi connectivity index (χ0v) is 27.2. The molecule has 228 valence electrons. The normalized spacial score (nSPS) is 14.6. The summed E-state index contributed by atoms with van der Waals surface area (Å²) in [4.78, 5) is 34.4. The summed E-state index contributed by atoms with van der Waals surface area (Å²) in [6.45, 7) is 3.85. The Balaban J connectivity index is 1.58. The summed E-state index contributed by atoms with van der Waals surface area (Å²) in [7, 11) is 5.47. The monoisotopic (exact) mass is 651 g/mol. The Bertz CT molecular complexity index is 1930. The van der Waals surface area contributed by atoms with Crippen LogP contribution >= 0.6 is 34.5 Å². The number of allylic oxidation sites excluding steroid dienone is 1. The molecule has 0 unspecified atom stereocenters. The van der Waals surface area contributed by atoms with Gasteiger partial charge in [-0.2, -0.15) is 0 Å². The van der Waals surface area contributed by atoms with E-state index in [0.717, 1.165) is 16.8 Å². The van der Waals surface area contributed by atoms with Gasteiger partial charge in [-0.1, -0.05) is 58.8 Å². The van der Waals surface area contributed by atoms with Crippen LogP contribution in [-0.4, -0.2) is 38.3 Å². The van der Waals surface area contributed by atoms with E-state index in [4.69, 9.17) is 37.4 Å². The maximum atomic E-state index is 14.0. The second-order valence-corrected chi connectivity index (χ2v) is 12.1. The van der Waals surface area contributed by atoms with Crippen LogP contribution in [0.2, 0.25) is 10.0 Å². The number of thiazole rings is 1. The van der Waals surface area contributed by atoms with Gasteiger partial charge < -0.3 is 19.1 Å². The van der Waals surface area contributed by atoms with Gasteiger partial charge in [0.25, 0.3) is 5.56 Å². The summed E-state index contributed by atoms with van der Waals surface area (Å²) < 4.78 is 19.2. The van der Waals surface area contributed by atoms with Gasteiger partial charge in [0, 0.05) is 35.4 Å². The molecule has 0 N–H and O–H groups in total. The first-order chi connectivity index (χ1) is 21.1. The second kappa shape index (κ2) is 13.3. The molecule has 0 spiro atoms. The van der Waals surface area contributed by atoms with Crippen molar-refractivity contribution in [2.45, 2.75) is 26.5 Å². The van der Waals surface area contributed by atoms with Crippen molar-refractivity contribution in [2.24, 2.45) is 4.99 Å². The number of rotatable bonds is 9. The van der Waals surface area contributed by atoms with Crippen LogP contribution in [0.15, 0.2) is 81.7 Å². The molecular weight excluding hydrogens is 621 g/mol. The molecule has 0 saturated heterocycles. The van der Waals surface area contributed by atoms with E-state index in [2.05, 4.69) is 4.99 Å². The number of esters is 1. The first-order valence-corrected chi connectivity index (χ1v) is 15.4. The number of aromatic nitrogens is 1. The van der Waals surface area contributed by atoms with Gasteiger partial charge >= 0.3 is 5.97 Å².